The van der Waals surface area contributed by atoms with Crippen molar-refractivity contribution in [2.24, 2.45) is 4.99 Å². The first-order valence-corrected chi connectivity index (χ1v) is 13.0. The summed E-state index contributed by atoms with van der Waals surface area (Å²) in [5.41, 5.74) is 3.27. The number of allylic oxidation sites excluding steroid dienone is 1. The van der Waals surface area contributed by atoms with Gasteiger partial charge in [0.25, 0.3) is 5.56 Å². The van der Waals surface area contributed by atoms with Crippen LogP contribution in [0, 0.1) is 0 Å². The quantitative estimate of drug-likeness (QED) is 0.469. The normalized spacial score (nSPS) is 18.5. The van der Waals surface area contributed by atoms with Crippen molar-refractivity contribution < 1.29 is 23.8 Å². The summed E-state index contributed by atoms with van der Waals surface area (Å²) in [6, 6.07) is 13.6. The van der Waals surface area contributed by atoms with Crippen LogP contribution in [0.3, 0.4) is 0 Å². The van der Waals surface area contributed by atoms with Crippen LogP contribution in [0.4, 0.5) is 0 Å². The Bertz CT molecular complexity index is 1680. The van der Waals surface area contributed by atoms with Crippen molar-refractivity contribution in [1.82, 2.24) is 4.57 Å². The topological polar surface area (TPSA) is 96.2 Å². The van der Waals surface area contributed by atoms with Gasteiger partial charge < -0.3 is 14.2 Å². The third kappa shape index (κ3) is 4.50. The number of carbonyl (C=O) groups excluding carboxylic acids is 2. The maximum absolute atomic E-state index is 13.8. The van der Waals surface area contributed by atoms with Gasteiger partial charge in [0.1, 0.15) is 11.9 Å². The fraction of sp³-hybridized carbons (Fsp3) is 0.241. The Hall–Kier alpha value is -4.24. The highest BCUT2D eigenvalue weighted by Gasteiger charge is 2.33. The number of fused-ring (bicyclic) bond motifs is 2. The molecule has 0 N–H and O–H groups in total. The Morgan fingerprint density at radius 1 is 1.13 bits per heavy atom. The maximum atomic E-state index is 13.8. The smallest absolute Gasteiger partial charge is 0.338 e. The molecule has 0 amide bonds. The van der Waals surface area contributed by atoms with Crippen molar-refractivity contribution in [3.8, 4) is 5.75 Å². The van der Waals surface area contributed by atoms with E-state index in [1.54, 1.807) is 38.1 Å². The Morgan fingerprint density at radius 3 is 2.58 bits per heavy atom. The minimum atomic E-state index is -0.770. The summed E-state index contributed by atoms with van der Waals surface area (Å²) in [6.45, 7) is 5.57. The molecule has 0 bridgehead atoms. The van der Waals surface area contributed by atoms with E-state index in [0.29, 0.717) is 26.2 Å². The molecule has 0 saturated carbocycles. The number of hydrogen-bond donors (Lipinski definition) is 0. The lowest BCUT2D eigenvalue weighted by atomic mass is 9.95. The number of rotatable bonds is 5. The van der Waals surface area contributed by atoms with Gasteiger partial charge >= 0.3 is 11.9 Å². The number of esters is 2. The van der Waals surface area contributed by atoms with Crippen LogP contribution in [-0.2, 0) is 14.3 Å². The molecule has 1 aromatic heterocycles. The number of aromatic nitrogens is 1. The summed E-state index contributed by atoms with van der Waals surface area (Å²) in [5.74, 6) is -0.223. The van der Waals surface area contributed by atoms with Crippen molar-refractivity contribution in [3.05, 3.63) is 102 Å². The van der Waals surface area contributed by atoms with E-state index >= 15 is 0 Å². The van der Waals surface area contributed by atoms with E-state index in [1.165, 1.54) is 23.0 Å². The summed E-state index contributed by atoms with van der Waals surface area (Å²) in [7, 11) is 1.31. The van der Waals surface area contributed by atoms with Crippen LogP contribution in [0.5, 0.6) is 5.75 Å². The molecule has 2 aliphatic heterocycles. The highest BCUT2D eigenvalue weighted by Crippen LogP contribution is 2.32. The molecule has 38 heavy (non-hydrogen) atoms. The molecule has 0 fully saturated rings. The second kappa shape index (κ2) is 10.3. The van der Waals surface area contributed by atoms with Gasteiger partial charge in [-0.3, -0.25) is 9.36 Å². The van der Waals surface area contributed by atoms with Crippen molar-refractivity contribution in [2.45, 2.75) is 32.9 Å². The Morgan fingerprint density at radius 2 is 1.87 bits per heavy atom. The predicted molar refractivity (Wildman–Crippen MR) is 144 cm³/mol. The maximum Gasteiger partial charge on any atom is 0.338 e. The van der Waals surface area contributed by atoms with E-state index in [2.05, 4.69) is 4.99 Å². The number of benzene rings is 2. The first-order chi connectivity index (χ1) is 18.3. The van der Waals surface area contributed by atoms with Crippen LogP contribution in [0.15, 0.2) is 75.2 Å². The van der Waals surface area contributed by atoms with E-state index in [9.17, 15) is 14.4 Å². The summed E-state index contributed by atoms with van der Waals surface area (Å²) < 4.78 is 18.2. The van der Waals surface area contributed by atoms with Crippen molar-refractivity contribution in [3.63, 3.8) is 0 Å². The number of para-hydroxylation sites is 1. The van der Waals surface area contributed by atoms with Crippen LogP contribution < -0.4 is 19.6 Å². The van der Waals surface area contributed by atoms with Crippen LogP contribution in [0.25, 0.3) is 12.2 Å². The number of carbonyl (C=O) groups is 2. The minimum Gasteiger partial charge on any atom is -0.485 e. The molecular formula is C29H26N2O6S. The van der Waals surface area contributed by atoms with E-state index in [4.69, 9.17) is 14.2 Å². The zero-order chi connectivity index (χ0) is 27.0. The Kier molecular flexibility index (Phi) is 6.86. The van der Waals surface area contributed by atoms with Crippen LogP contribution in [0.2, 0.25) is 0 Å². The molecule has 194 valence electrons. The molecule has 5 rings (SSSR count). The number of methoxy groups -OCH3 is 1. The SMILES string of the molecule is CCOC(=O)C1=C(C)N=c2sc(=CC3=Cc4ccccc4OC3C)c(=O)n2C1c1ccc(C(=O)OC)cc1. The Balaban J connectivity index is 1.67. The predicted octanol–water partition coefficient (Wildman–Crippen LogP) is 3.40. The first-order valence-electron chi connectivity index (χ1n) is 12.2. The van der Waals surface area contributed by atoms with E-state index < -0.39 is 18.0 Å². The van der Waals surface area contributed by atoms with Gasteiger partial charge in [0.15, 0.2) is 4.80 Å². The van der Waals surface area contributed by atoms with Gasteiger partial charge in [0, 0.05) is 5.56 Å². The molecule has 9 heteroatoms. The van der Waals surface area contributed by atoms with Crippen LogP contribution >= 0.6 is 11.3 Å². The highest BCUT2D eigenvalue weighted by molar-refractivity contribution is 7.07. The lowest BCUT2D eigenvalue weighted by Gasteiger charge is -2.24. The zero-order valence-electron chi connectivity index (χ0n) is 21.4. The molecule has 0 radical (unpaired) electrons. The average Bonchev–Trinajstić information content (AvgIpc) is 3.22. The third-order valence-corrected chi connectivity index (χ3v) is 7.46. The molecular weight excluding hydrogens is 504 g/mol. The molecule has 3 aromatic rings. The lowest BCUT2D eigenvalue weighted by molar-refractivity contribution is -0.139. The molecule has 3 heterocycles. The molecule has 2 atom stereocenters. The molecule has 0 aliphatic carbocycles. The summed E-state index contributed by atoms with van der Waals surface area (Å²) >= 11 is 1.25. The lowest BCUT2D eigenvalue weighted by Crippen LogP contribution is -2.40. The fourth-order valence-corrected chi connectivity index (χ4v) is 5.65. The molecule has 2 unspecified atom stereocenters. The van der Waals surface area contributed by atoms with Crippen molar-refractivity contribution in [1.29, 1.82) is 0 Å². The standard InChI is InChI=1S/C29H26N2O6S/c1-5-36-28(34)24-16(2)30-29-31(25(24)18-10-12-19(13-11-18)27(33)35-4)26(32)23(38-29)15-21-14-20-8-6-7-9-22(20)37-17(21)3/h6-15,17,25H,5H2,1-4H3. The second-order valence-corrected chi connectivity index (χ2v) is 9.87. The van der Waals surface area contributed by atoms with Gasteiger partial charge in [-0.1, -0.05) is 41.7 Å². The van der Waals surface area contributed by atoms with E-state index in [1.807, 2.05) is 43.3 Å². The number of hydrogen-bond acceptors (Lipinski definition) is 8. The van der Waals surface area contributed by atoms with Crippen LogP contribution in [0.1, 0.15) is 48.3 Å². The first kappa shape index (κ1) is 25.4. The van der Waals surface area contributed by atoms with Crippen molar-refractivity contribution in [2.75, 3.05) is 13.7 Å². The van der Waals surface area contributed by atoms with Gasteiger partial charge in [-0.15, -0.1) is 0 Å². The molecule has 2 aromatic carbocycles. The highest BCUT2D eigenvalue weighted by atomic mass is 32.1. The fourth-order valence-electron chi connectivity index (χ4n) is 4.60. The van der Waals surface area contributed by atoms with Gasteiger partial charge in [-0.2, -0.15) is 0 Å². The number of nitrogens with zero attached hydrogens (tertiary/aromatic N) is 2. The average molecular weight is 531 g/mol. The number of thiazole rings is 1. The summed E-state index contributed by atoms with van der Waals surface area (Å²) in [6.07, 6.45) is 3.59. The minimum absolute atomic E-state index is 0.182. The molecule has 0 saturated heterocycles. The molecule has 2 aliphatic rings. The molecule has 0 spiro atoms. The monoisotopic (exact) mass is 530 g/mol. The van der Waals surface area contributed by atoms with Gasteiger partial charge in [0.05, 0.1) is 41.1 Å². The van der Waals surface area contributed by atoms with Gasteiger partial charge in [0.2, 0.25) is 0 Å². The zero-order valence-corrected chi connectivity index (χ0v) is 22.2. The summed E-state index contributed by atoms with van der Waals surface area (Å²) in [4.78, 5) is 43.9. The molecule has 8 nitrogen and oxygen atoms in total. The number of ether oxygens (including phenoxy) is 3. The van der Waals surface area contributed by atoms with Crippen molar-refractivity contribution >= 4 is 35.4 Å². The van der Waals surface area contributed by atoms with Crippen LogP contribution in [-0.4, -0.2) is 36.3 Å². The largest absolute Gasteiger partial charge is 0.485 e. The van der Waals surface area contributed by atoms with E-state index in [0.717, 1.165) is 16.9 Å². The Labute approximate surface area is 222 Å². The second-order valence-electron chi connectivity index (χ2n) is 8.86. The van der Waals surface area contributed by atoms with Gasteiger partial charge in [-0.05, 0) is 62.3 Å². The third-order valence-electron chi connectivity index (χ3n) is 6.48. The summed E-state index contributed by atoms with van der Waals surface area (Å²) in [5, 5.41) is 0. The van der Waals surface area contributed by atoms with E-state index in [-0.39, 0.29) is 23.8 Å². The van der Waals surface area contributed by atoms with Gasteiger partial charge in [-0.25, -0.2) is 14.6 Å².